The average molecular weight is 313 g/mol. The molecule has 0 radical (unpaired) electrons. The van der Waals surface area contributed by atoms with E-state index in [1.807, 2.05) is 12.1 Å². The lowest BCUT2D eigenvalue weighted by Gasteiger charge is -2.08. The lowest BCUT2D eigenvalue weighted by Crippen LogP contribution is -2.13. The molecule has 0 aromatic heterocycles. The van der Waals surface area contributed by atoms with Crippen molar-refractivity contribution in [1.29, 1.82) is 0 Å². The first-order valence-corrected chi connectivity index (χ1v) is 7.39. The van der Waals surface area contributed by atoms with Gasteiger partial charge in [-0.1, -0.05) is 18.2 Å². The zero-order valence-electron chi connectivity index (χ0n) is 12.4. The summed E-state index contributed by atoms with van der Waals surface area (Å²) in [5.41, 5.74) is 2.20. The van der Waals surface area contributed by atoms with Crippen molar-refractivity contribution in [2.45, 2.75) is 25.5 Å². The molecular weight excluding hydrogens is 297 g/mol. The average Bonchev–Trinajstić information content (AvgIpc) is 3.05. The number of carboxylic acid groups (broad SMARTS) is 1. The molecule has 0 aliphatic carbocycles. The van der Waals surface area contributed by atoms with E-state index in [1.54, 1.807) is 30.3 Å². The second kappa shape index (κ2) is 6.60. The molecule has 1 N–H and O–H groups in total. The fourth-order valence-corrected chi connectivity index (χ4v) is 2.51. The molecule has 2 aromatic carbocycles. The van der Waals surface area contributed by atoms with Crippen LogP contribution in [0.1, 0.15) is 24.0 Å². The summed E-state index contributed by atoms with van der Waals surface area (Å²) in [4.78, 5) is 15.1. The Kier molecular flexibility index (Phi) is 4.37. The Hall–Kier alpha value is -2.69. The van der Waals surface area contributed by atoms with Crippen LogP contribution in [0.15, 0.2) is 53.5 Å². The predicted molar refractivity (Wildman–Crippen MR) is 84.4 cm³/mol. The molecule has 4 nitrogen and oxygen atoms in total. The Morgan fingerprint density at radius 3 is 2.61 bits per heavy atom. The van der Waals surface area contributed by atoms with Crippen LogP contribution in [0.3, 0.4) is 0 Å². The molecule has 0 amide bonds. The van der Waals surface area contributed by atoms with Gasteiger partial charge in [-0.25, -0.2) is 9.18 Å². The molecule has 0 fully saturated rings. The van der Waals surface area contributed by atoms with E-state index in [-0.39, 0.29) is 12.4 Å². The summed E-state index contributed by atoms with van der Waals surface area (Å²) in [6.45, 7) is 0.161. The fourth-order valence-electron chi connectivity index (χ4n) is 2.51. The van der Waals surface area contributed by atoms with E-state index >= 15 is 0 Å². The zero-order valence-corrected chi connectivity index (χ0v) is 12.4. The first kappa shape index (κ1) is 15.2. The maximum Gasteiger partial charge on any atom is 0.328 e. The van der Waals surface area contributed by atoms with Gasteiger partial charge in [-0.3, -0.25) is 4.99 Å². The first-order chi connectivity index (χ1) is 11.1. The second-order valence-electron chi connectivity index (χ2n) is 5.37. The van der Waals surface area contributed by atoms with Gasteiger partial charge < -0.3 is 9.84 Å². The lowest BCUT2D eigenvalue weighted by molar-refractivity contribution is -0.138. The third-order valence-electron chi connectivity index (χ3n) is 3.79. The summed E-state index contributed by atoms with van der Waals surface area (Å²) in [6, 6.07) is 13.1. The number of halogens is 1. The SMILES string of the molecule is O=C(O)[C@@H]1CCC(c2ccc(OCc3ccccc3F)cc2)=N1. The highest BCUT2D eigenvalue weighted by atomic mass is 19.1. The van der Waals surface area contributed by atoms with Gasteiger partial charge in [0, 0.05) is 11.3 Å². The van der Waals surface area contributed by atoms with E-state index in [2.05, 4.69) is 4.99 Å². The van der Waals surface area contributed by atoms with Crippen molar-refractivity contribution in [1.82, 2.24) is 0 Å². The minimum absolute atomic E-state index is 0.161. The van der Waals surface area contributed by atoms with Crippen molar-refractivity contribution in [3.05, 3.63) is 65.5 Å². The van der Waals surface area contributed by atoms with Crippen molar-refractivity contribution in [3.63, 3.8) is 0 Å². The number of hydrogen-bond donors (Lipinski definition) is 1. The zero-order chi connectivity index (χ0) is 16.2. The lowest BCUT2D eigenvalue weighted by atomic mass is 10.1. The molecule has 0 saturated carbocycles. The molecule has 0 unspecified atom stereocenters. The monoisotopic (exact) mass is 313 g/mol. The molecule has 1 aliphatic heterocycles. The van der Waals surface area contributed by atoms with Gasteiger partial charge in [-0.2, -0.15) is 0 Å². The van der Waals surface area contributed by atoms with Gasteiger partial charge in [-0.15, -0.1) is 0 Å². The largest absolute Gasteiger partial charge is 0.489 e. The van der Waals surface area contributed by atoms with Gasteiger partial charge >= 0.3 is 5.97 Å². The third-order valence-corrected chi connectivity index (χ3v) is 3.79. The van der Waals surface area contributed by atoms with E-state index in [1.165, 1.54) is 6.07 Å². The van der Waals surface area contributed by atoms with E-state index in [0.29, 0.717) is 24.2 Å². The van der Waals surface area contributed by atoms with Gasteiger partial charge in [0.2, 0.25) is 0 Å². The minimum atomic E-state index is -0.884. The highest BCUT2D eigenvalue weighted by Crippen LogP contribution is 2.21. The molecule has 1 heterocycles. The number of benzene rings is 2. The normalized spacial score (nSPS) is 16.9. The van der Waals surface area contributed by atoms with Gasteiger partial charge in [0.1, 0.15) is 24.2 Å². The fraction of sp³-hybridized carbons (Fsp3) is 0.222. The summed E-state index contributed by atoms with van der Waals surface area (Å²) in [6.07, 6.45) is 1.20. The number of carbonyl (C=O) groups is 1. The van der Waals surface area contributed by atoms with Crippen LogP contribution in [-0.4, -0.2) is 22.8 Å². The van der Waals surface area contributed by atoms with Crippen molar-refractivity contribution in [2.24, 2.45) is 4.99 Å². The minimum Gasteiger partial charge on any atom is -0.489 e. The number of aliphatic imine (C=N–C) groups is 1. The number of rotatable bonds is 5. The van der Waals surface area contributed by atoms with Gasteiger partial charge in [-0.05, 0) is 48.7 Å². The quantitative estimate of drug-likeness (QED) is 0.920. The Bertz CT molecular complexity index is 740. The Morgan fingerprint density at radius 2 is 1.96 bits per heavy atom. The summed E-state index contributed by atoms with van der Waals surface area (Å²) in [5, 5.41) is 8.96. The summed E-state index contributed by atoms with van der Waals surface area (Å²) in [5.74, 6) is -0.542. The third kappa shape index (κ3) is 3.56. The summed E-state index contributed by atoms with van der Waals surface area (Å²) >= 11 is 0. The Labute approximate surface area is 133 Å². The van der Waals surface area contributed by atoms with E-state index in [0.717, 1.165) is 11.3 Å². The van der Waals surface area contributed by atoms with Crippen molar-refractivity contribution in [3.8, 4) is 5.75 Å². The molecule has 0 saturated heterocycles. The van der Waals surface area contributed by atoms with E-state index in [4.69, 9.17) is 9.84 Å². The second-order valence-corrected chi connectivity index (χ2v) is 5.37. The summed E-state index contributed by atoms with van der Waals surface area (Å²) in [7, 11) is 0. The molecule has 1 aliphatic rings. The number of nitrogens with zero attached hydrogens (tertiary/aromatic N) is 1. The van der Waals surface area contributed by atoms with Crippen molar-refractivity contribution in [2.75, 3.05) is 0 Å². The molecular formula is C18H16FNO3. The number of aliphatic carboxylic acids is 1. The number of hydrogen-bond acceptors (Lipinski definition) is 3. The predicted octanol–water partition coefficient (Wildman–Crippen LogP) is 3.44. The van der Waals surface area contributed by atoms with E-state index in [9.17, 15) is 9.18 Å². The van der Waals surface area contributed by atoms with Crippen LogP contribution in [0.25, 0.3) is 0 Å². The van der Waals surface area contributed by atoms with Crippen LogP contribution in [0.5, 0.6) is 5.75 Å². The van der Waals surface area contributed by atoms with Gasteiger partial charge in [0.15, 0.2) is 0 Å². The highest BCUT2D eigenvalue weighted by molar-refractivity contribution is 6.03. The maximum atomic E-state index is 13.5. The smallest absolute Gasteiger partial charge is 0.328 e. The first-order valence-electron chi connectivity index (χ1n) is 7.39. The molecule has 1 atom stereocenters. The standard InChI is InChI=1S/C18H16FNO3/c19-15-4-2-1-3-13(15)11-23-14-7-5-12(6-8-14)16-9-10-17(20-16)18(21)22/h1-8,17H,9-11H2,(H,21,22)/t17-/m0/s1. The molecule has 0 spiro atoms. The van der Waals surface area contributed by atoms with Gasteiger partial charge in [0.25, 0.3) is 0 Å². The van der Waals surface area contributed by atoms with Gasteiger partial charge in [0.05, 0.1) is 0 Å². The van der Waals surface area contributed by atoms with Crippen molar-refractivity contribution < 1.29 is 19.0 Å². The van der Waals surface area contributed by atoms with Crippen LogP contribution in [0, 0.1) is 5.82 Å². The maximum absolute atomic E-state index is 13.5. The van der Waals surface area contributed by atoms with Crippen LogP contribution >= 0.6 is 0 Å². The van der Waals surface area contributed by atoms with Crippen LogP contribution < -0.4 is 4.74 Å². The Balaban J connectivity index is 1.65. The molecule has 2 aromatic rings. The molecule has 0 bridgehead atoms. The number of carboxylic acids is 1. The summed E-state index contributed by atoms with van der Waals surface area (Å²) < 4.78 is 19.1. The highest BCUT2D eigenvalue weighted by Gasteiger charge is 2.24. The van der Waals surface area contributed by atoms with Crippen molar-refractivity contribution >= 4 is 11.7 Å². The Morgan fingerprint density at radius 1 is 1.22 bits per heavy atom. The molecule has 23 heavy (non-hydrogen) atoms. The molecule has 118 valence electrons. The molecule has 3 rings (SSSR count). The van der Waals surface area contributed by atoms with Crippen LogP contribution in [-0.2, 0) is 11.4 Å². The topological polar surface area (TPSA) is 58.9 Å². The molecule has 5 heteroatoms. The number of ether oxygens (including phenoxy) is 1. The van der Waals surface area contributed by atoms with Crippen LogP contribution in [0.4, 0.5) is 4.39 Å². The van der Waals surface area contributed by atoms with E-state index < -0.39 is 12.0 Å². The van der Waals surface area contributed by atoms with Crippen LogP contribution in [0.2, 0.25) is 0 Å².